The van der Waals surface area contributed by atoms with E-state index in [4.69, 9.17) is 26.0 Å². The number of aliphatic hydroxyl groups is 1. The molecule has 1 aromatic carbocycles. The minimum atomic E-state index is -6.00. The van der Waals surface area contributed by atoms with Gasteiger partial charge in [0.15, 0.2) is 0 Å². The van der Waals surface area contributed by atoms with Crippen molar-refractivity contribution >= 4 is 41.9 Å². The number of ether oxygens (including phenoxy) is 3. The predicted octanol–water partition coefficient (Wildman–Crippen LogP) is 5.91. The number of hydrogen-bond acceptors (Lipinski definition) is 6. The van der Waals surface area contributed by atoms with Gasteiger partial charge in [-0.1, -0.05) is 42.0 Å². The Bertz CT molecular complexity index is 1060. The summed E-state index contributed by atoms with van der Waals surface area (Å²) in [6.45, 7) is 7.29. The highest BCUT2D eigenvalue weighted by Crippen LogP contribution is 2.55. The number of epoxide rings is 1. The lowest BCUT2D eigenvalue weighted by molar-refractivity contribution is -0.171. The zero-order valence-electron chi connectivity index (χ0n) is 24.1. The minimum absolute atomic E-state index is 0.0782. The van der Waals surface area contributed by atoms with E-state index in [1.165, 1.54) is 18.1 Å². The van der Waals surface area contributed by atoms with Gasteiger partial charge in [-0.3, -0.25) is 4.79 Å². The topological polar surface area (TPSA) is 88.6 Å². The van der Waals surface area contributed by atoms with Crippen molar-refractivity contribution in [3.8, 4) is 0 Å². The fourth-order valence-electron chi connectivity index (χ4n) is 5.48. The van der Waals surface area contributed by atoms with Crippen LogP contribution in [0.2, 0.25) is 0 Å². The molecule has 1 aliphatic heterocycles. The molecule has 0 bridgehead atoms. The average molecular weight is 628 g/mol. The van der Waals surface area contributed by atoms with Gasteiger partial charge in [-0.25, -0.2) is 4.79 Å². The van der Waals surface area contributed by atoms with Crippen LogP contribution in [0.1, 0.15) is 52.5 Å². The number of methoxy groups -OCH3 is 1. The van der Waals surface area contributed by atoms with Gasteiger partial charge in [0.1, 0.15) is 34.9 Å². The summed E-state index contributed by atoms with van der Waals surface area (Å²) < 4.78 is 57.2. The van der Waals surface area contributed by atoms with Crippen molar-refractivity contribution in [2.24, 2.45) is 5.92 Å². The van der Waals surface area contributed by atoms with Crippen LogP contribution >= 0.6 is 11.8 Å². The fraction of sp³-hybridized carbons (Fsp3) is 0.630. The highest BCUT2D eigenvalue weighted by Gasteiger charge is 2.68. The molecule has 2 aliphatic rings. The van der Waals surface area contributed by atoms with Crippen LogP contribution in [0.5, 0.6) is 0 Å². The van der Waals surface area contributed by atoms with Crippen LogP contribution in [0.3, 0.4) is 0 Å². The second-order valence-electron chi connectivity index (χ2n) is 10.9. The van der Waals surface area contributed by atoms with Gasteiger partial charge in [-0.2, -0.15) is 4.42 Å². The lowest BCUT2D eigenvalue weighted by Crippen LogP contribution is -2.62. The van der Waals surface area contributed by atoms with E-state index in [-0.39, 0.29) is 17.0 Å². The highest BCUT2D eigenvalue weighted by molar-refractivity contribution is 7.95. The standard InChI is InChI=1S/C27H39ClNO6S.BF4/c1-18(2)12-13-22-26(4,35-22)24-23(33-5)21(34-25(31)29(28)19(3)30)14-15-27(24,32)17-36(6)16-20-10-8-7-9-11-20;2-1(3,4)5/h7-12,21-24,32H,13-17H2,1-6H3;/q+1;-1. The lowest BCUT2D eigenvalue weighted by Gasteiger charge is -2.48. The molecule has 0 spiro atoms. The molecule has 1 N–H and O–H groups in total. The number of carbonyl (C=O) groups is 2. The SMILES string of the molecule is COC1C(OC(=O)N(Cl)C(C)=O)CCC(O)(C[S+](C)Cc2ccccc2)C1C1(C)OC1CC=C(C)C.F[B-](F)(F)F. The maximum absolute atomic E-state index is 12.5. The third kappa shape index (κ3) is 10.5. The Morgan fingerprint density at radius 1 is 1.22 bits per heavy atom. The summed E-state index contributed by atoms with van der Waals surface area (Å²) in [4.78, 5) is 24.0. The molecule has 2 amide bonds. The Labute approximate surface area is 247 Å². The van der Waals surface area contributed by atoms with Crippen molar-refractivity contribution in [2.75, 3.05) is 19.1 Å². The summed E-state index contributed by atoms with van der Waals surface area (Å²) in [5.74, 6) is 0.375. The summed E-state index contributed by atoms with van der Waals surface area (Å²) in [6.07, 6.45) is 3.52. The van der Waals surface area contributed by atoms with Gasteiger partial charge < -0.3 is 36.6 Å². The third-order valence-electron chi connectivity index (χ3n) is 7.18. The molecular weight excluding hydrogens is 589 g/mol. The van der Waals surface area contributed by atoms with Crippen molar-refractivity contribution in [3.05, 3.63) is 47.5 Å². The minimum Gasteiger partial charge on any atom is -0.442 e. The quantitative estimate of drug-likeness (QED) is 0.0915. The van der Waals surface area contributed by atoms with Crippen LogP contribution in [0.15, 0.2) is 42.0 Å². The van der Waals surface area contributed by atoms with Gasteiger partial charge in [-0.15, -0.1) is 0 Å². The largest absolute Gasteiger partial charge is 0.673 e. The van der Waals surface area contributed by atoms with Crippen molar-refractivity contribution < 1.29 is 46.2 Å². The van der Waals surface area contributed by atoms with E-state index >= 15 is 0 Å². The third-order valence-corrected chi connectivity index (χ3v) is 9.38. The molecule has 2 fully saturated rings. The number of amides is 2. The molecule has 1 aromatic rings. The first kappa shape index (κ1) is 35.4. The summed E-state index contributed by atoms with van der Waals surface area (Å²) in [7, 11) is -4.56. The molecule has 1 heterocycles. The van der Waals surface area contributed by atoms with E-state index in [0.29, 0.717) is 23.0 Å². The molecule has 0 radical (unpaired) electrons. The van der Waals surface area contributed by atoms with Crippen LogP contribution < -0.4 is 0 Å². The van der Waals surface area contributed by atoms with Gasteiger partial charge in [-0.05, 0) is 50.9 Å². The molecule has 7 nitrogen and oxygen atoms in total. The molecule has 1 saturated carbocycles. The molecular formula is C27H39BClF4NO6S. The molecule has 0 aromatic heterocycles. The van der Waals surface area contributed by atoms with Gasteiger partial charge in [0, 0.05) is 31.4 Å². The predicted molar refractivity (Wildman–Crippen MR) is 153 cm³/mol. The monoisotopic (exact) mass is 627 g/mol. The number of hydrogen-bond donors (Lipinski definition) is 1. The Balaban J connectivity index is 0.00000108. The Hall–Kier alpha value is -1.80. The Morgan fingerprint density at radius 3 is 2.32 bits per heavy atom. The zero-order chi connectivity index (χ0) is 31.2. The van der Waals surface area contributed by atoms with Crippen molar-refractivity contribution in [1.29, 1.82) is 0 Å². The number of halogens is 5. The maximum atomic E-state index is 12.5. The molecule has 14 heteroatoms. The number of nitrogens with zero attached hydrogens (tertiary/aromatic N) is 1. The maximum Gasteiger partial charge on any atom is 0.673 e. The number of allylic oxidation sites excluding steroid dienone is 1. The van der Waals surface area contributed by atoms with Crippen molar-refractivity contribution in [2.45, 2.75) is 82.2 Å². The highest BCUT2D eigenvalue weighted by atomic mass is 35.5. The molecule has 3 rings (SSSR count). The van der Waals surface area contributed by atoms with Crippen LogP contribution in [0, 0.1) is 5.92 Å². The van der Waals surface area contributed by atoms with Crippen LogP contribution in [0.25, 0.3) is 0 Å². The van der Waals surface area contributed by atoms with Crippen LogP contribution in [-0.4, -0.2) is 77.4 Å². The Morgan fingerprint density at radius 2 is 1.80 bits per heavy atom. The summed E-state index contributed by atoms with van der Waals surface area (Å²) >= 11 is 5.80. The fourth-order valence-corrected chi connectivity index (χ4v) is 7.56. The van der Waals surface area contributed by atoms with Crippen LogP contribution in [-0.2, 0) is 35.7 Å². The number of benzene rings is 1. The second kappa shape index (κ2) is 14.6. The van der Waals surface area contributed by atoms with Gasteiger partial charge in [0.25, 0.3) is 0 Å². The van der Waals surface area contributed by atoms with Crippen molar-refractivity contribution in [1.82, 2.24) is 4.42 Å². The summed E-state index contributed by atoms with van der Waals surface area (Å²) in [5.41, 5.74) is 0.707. The normalized spacial score (nSPS) is 29.9. The smallest absolute Gasteiger partial charge is 0.442 e. The average Bonchev–Trinajstić information content (AvgIpc) is 3.52. The number of carbonyl (C=O) groups excluding carboxylic acids is 2. The van der Waals surface area contributed by atoms with Gasteiger partial charge in [0.2, 0.25) is 5.91 Å². The lowest BCUT2D eigenvalue weighted by atomic mass is 9.66. The van der Waals surface area contributed by atoms with E-state index in [2.05, 4.69) is 24.5 Å². The van der Waals surface area contributed by atoms with Gasteiger partial charge in [0.05, 0.1) is 18.3 Å². The van der Waals surface area contributed by atoms with Crippen LogP contribution in [0.4, 0.5) is 22.1 Å². The molecule has 7 atom stereocenters. The molecule has 7 unspecified atom stereocenters. The number of imide groups is 1. The van der Waals surface area contributed by atoms with E-state index in [1.807, 2.05) is 39.0 Å². The van der Waals surface area contributed by atoms with E-state index in [1.54, 1.807) is 7.11 Å². The number of rotatable bonds is 9. The first-order valence-corrected chi connectivity index (χ1v) is 15.5. The van der Waals surface area contributed by atoms with E-state index in [9.17, 15) is 32.0 Å². The molecule has 41 heavy (non-hydrogen) atoms. The molecule has 1 aliphatic carbocycles. The summed E-state index contributed by atoms with van der Waals surface area (Å²) in [5, 5.41) is 12.2. The van der Waals surface area contributed by atoms with Gasteiger partial charge >= 0.3 is 13.3 Å². The first-order valence-electron chi connectivity index (χ1n) is 13.1. The summed E-state index contributed by atoms with van der Waals surface area (Å²) in [6, 6.07) is 10.3. The van der Waals surface area contributed by atoms with Crippen molar-refractivity contribution in [3.63, 3.8) is 0 Å². The Kier molecular flexibility index (Phi) is 12.6. The molecule has 1 saturated heterocycles. The second-order valence-corrected chi connectivity index (χ2v) is 13.4. The van der Waals surface area contributed by atoms with E-state index in [0.717, 1.165) is 12.2 Å². The first-order chi connectivity index (χ1) is 18.9. The molecule has 232 valence electrons. The van der Waals surface area contributed by atoms with E-state index < -0.39 is 48.6 Å². The zero-order valence-corrected chi connectivity index (χ0v) is 25.7.